The van der Waals surface area contributed by atoms with Crippen LogP contribution in [0.25, 0.3) is 0 Å². The lowest BCUT2D eigenvalue weighted by Gasteiger charge is -2.20. The van der Waals surface area contributed by atoms with E-state index in [1.807, 2.05) is 18.2 Å². The molecule has 1 N–H and O–H groups in total. The van der Waals surface area contributed by atoms with Gasteiger partial charge in [-0.05, 0) is 30.9 Å². The molecule has 1 saturated heterocycles. The summed E-state index contributed by atoms with van der Waals surface area (Å²) < 4.78 is 24.6. The van der Waals surface area contributed by atoms with Crippen LogP contribution in [-0.4, -0.2) is 36.1 Å². The number of ether oxygens (including phenoxy) is 2. The average Bonchev–Trinajstić information content (AvgIpc) is 2.99. The molecular formula is C17H21FO4. The van der Waals surface area contributed by atoms with E-state index >= 15 is 0 Å². The molecule has 5 atom stereocenters. The highest BCUT2D eigenvalue weighted by Crippen LogP contribution is 2.43. The lowest BCUT2D eigenvalue weighted by molar-refractivity contribution is -0.141. The first kappa shape index (κ1) is 15.3. The number of fused-ring (bicyclic) bond motifs is 1. The summed E-state index contributed by atoms with van der Waals surface area (Å²) in [7, 11) is 0. The third-order valence-electron chi connectivity index (χ3n) is 4.67. The molecule has 2 fully saturated rings. The standard InChI is InChI=1S/C17H21FO4/c18-11(10-21-12-4-2-1-3-5-12)6-7-13-14-8-17(20)22-16(14)9-15(13)19/h1-5,11,13-16,19H,6-10H2. The molecule has 1 aliphatic carbocycles. The predicted octanol–water partition coefficient (Wildman–Crippen LogP) is 2.50. The van der Waals surface area contributed by atoms with Crippen molar-refractivity contribution < 1.29 is 23.8 Å². The van der Waals surface area contributed by atoms with Crippen molar-refractivity contribution in [2.24, 2.45) is 11.8 Å². The Hall–Kier alpha value is -1.62. The molecule has 1 aromatic carbocycles. The number of para-hydroxylation sites is 1. The molecule has 1 saturated carbocycles. The first-order valence-electron chi connectivity index (χ1n) is 7.83. The second kappa shape index (κ2) is 6.65. The largest absolute Gasteiger partial charge is 0.491 e. The van der Waals surface area contributed by atoms with E-state index in [9.17, 15) is 14.3 Å². The minimum absolute atomic E-state index is 0.0103. The summed E-state index contributed by atoms with van der Waals surface area (Å²) in [4.78, 5) is 11.3. The van der Waals surface area contributed by atoms with Gasteiger partial charge in [0.1, 0.15) is 24.6 Å². The van der Waals surface area contributed by atoms with Crippen LogP contribution in [0.5, 0.6) is 5.75 Å². The second-order valence-electron chi connectivity index (χ2n) is 6.16. The van der Waals surface area contributed by atoms with Gasteiger partial charge in [0.05, 0.1) is 12.5 Å². The third-order valence-corrected chi connectivity index (χ3v) is 4.67. The fraction of sp³-hybridized carbons (Fsp3) is 0.588. The summed E-state index contributed by atoms with van der Waals surface area (Å²) in [6.45, 7) is 0.0103. The van der Waals surface area contributed by atoms with Gasteiger partial charge in [-0.1, -0.05) is 18.2 Å². The van der Waals surface area contributed by atoms with E-state index in [0.29, 0.717) is 31.4 Å². The summed E-state index contributed by atoms with van der Waals surface area (Å²) in [6.07, 6.45) is -0.0342. The Kier molecular flexibility index (Phi) is 4.62. The first-order chi connectivity index (χ1) is 10.6. The van der Waals surface area contributed by atoms with E-state index in [0.717, 1.165) is 0 Å². The predicted molar refractivity (Wildman–Crippen MR) is 78.2 cm³/mol. The number of rotatable bonds is 6. The Balaban J connectivity index is 1.44. The van der Waals surface area contributed by atoms with Crippen LogP contribution in [0.1, 0.15) is 25.7 Å². The highest BCUT2D eigenvalue weighted by molar-refractivity contribution is 5.72. The topological polar surface area (TPSA) is 55.8 Å². The molecule has 0 radical (unpaired) electrons. The Morgan fingerprint density at radius 1 is 1.36 bits per heavy atom. The van der Waals surface area contributed by atoms with Crippen LogP contribution >= 0.6 is 0 Å². The number of carbonyl (C=O) groups is 1. The second-order valence-corrected chi connectivity index (χ2v) is 6.16. The van der Waals surface area contributed by atoms with E-state index in [-0.39, 0.29) is 30.5 Å². The molecule has 1 aromatic rings. The summed E-state index contributed by atoms with van der Waals surface area (Å²) in [6, 6.07) is 9.14. The Morgan fingerprint density at radius 2 is 2.14 bits per heavy atom. The van der Waals surface area contributed by atoms with Gasteiger partial charge < -0.3 is 14.6 Å². The van der Waals surface area contributed by atoms with E-state index in [1.54, 1.807) is 12.1 Å². The maximum atomic E-state index is 14.0. The number of benzene rings is 1. The Morgan fingerprint density at radius 3 is 2.91 bits per heavy atom. The summed E-state index contributed by atoms with van der Waals surface area (Å²) in [5, 5.41) is 10.1. The zero-order valence-electron chi connectivity index (χ0n) is 12.4. The van der Waals surface area contributed by atoms with Gasteiger partial charge >= 0.3 is 5.97 Å². The van der Waals surface area contributed by atoms with Crippen molar-refractivity contribution >= 4 is 5.97 Å². The number of hydrogen-bond acceptors (Lipinski definition) is 4. The molecule has 5 unspecified atom stereocenters. The Labute approximate surface area is 129 Å². The van der Waals surface area contributed by atoms with Gasteiger partial charge in [0.2, 0.25) is 0 Å². The van der Waals surface area contributed by atoms with Crippen LogP contribution < -0.4 is 4.74 Å². The van der Waals surface area contributed by atoms with Crippen LogP contribution in [0, 0.1) is 11.8 Å². The molecule has 5 heteroatoms. The average molecular weight is 308 g/mol. The van der Waals surface area contributed by atoms with Crippen LogP contribution in [0.4, 0.5) is 4.39 Å². The Bertz CT molecular complexity index is 507. The molecule has 0 spiro atoms. The number of aliphatic hydroxyl groups excluding tert-OH is 1. The van der Waals surface area contributed by atoms with Gasteiger partial charge in [0.15, 0.2) is 0 Å². The van der Waals surface area contributed by atoms with Crippen molar-refractivity contribution in [3.63, 3.8) is 0 Å². The fourth-order valence-electron chi connectivity index (χ4n) is 3.54. The van der Waals surface area contributed by atoms with Crippen LogP contribution in [-0.2, 0) is 9.53 Å². The van der Waals surface area contributed by atoms with E-state index < -0.39 is 12.3 Å². The van der Waals surface area contributed by atoms with Crippen molar-refractivity contribution in [3.05, 3.63) is 30.3 Å². The van der Waals surface area contributed by atoms with Gasteiger partial charge in [-0.15, -0.1) is 0 Å². The maximum absolute atomic E-state index is 14.0. The first-order valence-corrected chi connectivity index (χ1v) is 7.83. The molecule has 120 valence electrons. The normalized spacial score (nSPS) is 31.6. The van der Waals surface area contributed by atoms with Crippen molar-refractivity contribution in [3.8, 4) is 5.75 Å². The van der Waals surface area contributed by atoms with Gasteiger partial charge in [-0.3, -0.25) is 4.79 Å². The molecule has 3 rings (SSSR count). The van der Waals surface area contributed by atoms with Crippen LogP contribution in [0.3, 0.4) is 0 Å². The monoisotopic (exact) mass is 308 g/mol. The van der Waals surface area contributed by atoms with E-state index in [4.69, 9.17) is 9.47 Å². The van der Waals surface area contributed by atoms with Crippen molar-refractivity contribution in [2.45, 2.75) is 44.1 Å². The molecule has 2 aliphatic rings. The molecule has 0 amide bonds. The molecule has 0 aromatic heterocycles. The molecule has 0 bridgehead atoms. The van der Waals surface area contributed by atoms with E-state index in [1.165, 1.54) is 0 Å². The highest BCUT2D eigenvalue weighted by atomic mass is 19.1. The van der Waals surface area contributed by atoms with Crippen molar-refractivity contribution in [1.29, 1.82) is 0 Å². The lowest BCUT2D eigenvalue weighted by Crippen LogP contribution is -2.23. The number of hydrogen-bond donors (Lipinski definition) is 1. The molecule has 4 nitrogen and oxygen atoms in total. The van der Waals surface area contributed by atoms with Gasteiger partial charge in [0, 0.05) is 12.3 Å². The summed E-state index contributed by atoms with van der Waals surface area (Å²) in [5.74, 6) is 0.452. The zero-order valence-corrected chi connectivity index (χ0v) is 12.4. The number of halogens is 1. The summed E-state index contributed by atoms with van der Waals surface area (Å²) in [5.41, 5.74) is 0. The quantitative estimate of drug-likeness (QED) is 0.820. The van der Waals surface area contributed by atoms with Gasteiger partial charge in [-0.25, -0.2) is 4.39 Å². The minimum Gasteiger partial charge on any atom is -0.491 e. The third kappa shape index (κ3) is 3.40. The SMILES string of the molecule is O=C1CC2C(CC(O)C2CCC(F)COc2ccccc2)O1. The zero-order chi connectivity index (χ0) is 15.5. The van der Waals surface area contributed by atoms with Crippen molar-refractivity contribution in [2.75, 3.05) is 6.61 Å². The van der Waals surface area contributed by atoms with E-state index in [2.05, 4.69) is 0 Å². The molecule has 1 aliphatic heterocycles. The van der Waals surface area contributed by atoms with Gasteiger partial charge in [-0.2, -0.15) is 0 Å². The van der Waals surface area contributed by atoms with Crippen LogP contribution in [0.2, 0.25) is 0 Å². The number of carbonyl (C=O) groups excluding carboxylic acids is 1. The number of aliphatic hydroxyl groups is 1. The molecule has 22 heavy (non-hydrogen) atoms. The fourth-order valence-corrected chi connectivity index (χ4v) is 3.54. The number of alkyl halides is 1. The molecule has 1 heterocycles. The number of esters is 1. The van der Waals surface area contributed by atoms with Crippen molar-refractivity contribution in [1.82, 2.24) is 0 Å². The maximum Gasteiger partial charge on any atom is 0.306 e. The molecular weight excluding hydrogens is 287 g/mol. The smallest absolute Gasteiger partial charge is 0.306 e. The lowest BCUT2D eigenvalue weighted by atomic mass is 9.87. The summed E-state index contributed by atoms with van der Waals surface area (Å²) >= 11 is 0. The van der Waals surface area contributed by atoms with Crippen LogP contribution in [0.15, 0.2) is 30.3 Å². The highest BCUT2D eigenvalue weighted by Gasteiger charge is 2.49. The van der Waals surface area contributed by atoms with Gasteiger partial charge in [0.25, 0.3) is 0 Å². The minimum atomic E-state index is -1.08.